The first-order valence-electron chi connectivity index (χ1n) is 11.0. The summed E-state index contributed by atoms with van der Waals surface area (Å²) < 4.78 is 12.2. The fraction of sp³-hybridized carbons (Fsp3) is 0.520. The van der Waals surface area contributed by atoms with E-state index in [9.17, 15) is 5.11 Å². The van der Waals surface area contributed by atoms with Gasteiger partial charge in [0.1, 0.15) is 6.10 Å². The molecule has 4 aliphatic rings. The first kappa shape index (κ1) is 17.8. The minimum absolute atomic E-state index is 0.0744. The second kappa shape index (κ2) is 6.23. The van der Waals surface area contributed by atoms with E-state index in [4.69, 9.17) is 9.47 Å². The number of likely N-dealkylation sites (tertiary alicyclic amines) is 1. The molecule has 4 nitrogen and oxygen atoms in total. The monoisotopic (exact) mass is 391 g/mol. The van der Waals surface area contributed by atoms with E-state index in [0.29, 0.717) is 0 Å². The lowest BCUT2D eigenvalue weighted by Gasteiger charge is -2.63. The molecule has 2 fully saturated rings. The van der Waals surface area contributed by atoms with Gasteiger partial charge in [0.15, 0.2) is 11.5 Å². The van der Waals surface area contributed by atoms with Gasteiger partial charge in [-0.25, -0.2) is 0 Å². The van der Waals surface area contributed by atoms with Crippen molar-refractivity contribution in [2.24, 2.45) is 0 Å². The maximum Gasteiger partial charge on any atom is 0.165 e. The van der Waals surface area contributed by atoms with Gasteiger partial charge in [-0.2, -0.15) is 0 Å². The van der Waals surface area contributed by atoms with Crippen molar-refractivity contribution in [2.45, 2.75) is 61.7 Å². The predicted molar refractivity (Wildman–Crippen MR) is 112 cm³/mol. The average molecular weight is 392 g/mol. The van der Waals surface area contributed by atoms with E-state index in [2.05, 4.69) is 47.4 Å². The van der Waals surface area contributed by atoms with Crippen molar-refractivity contribution in [1.82, 2.24) is 4.90 Å². The van der Waals surface area contributed by atoms with Crippen LogP contribution < -0.4 is 9.47 Å². The average Bonchev–Trinajstić information content (AvgIpc) is 3.08. The lowest BCUT2D eigenvalue weighted by atomic mass is 9.49. The molecule has 1 spiro atoms. The van der Waals surface area contributed by atoms with Gasteiger partial charge in [0.2, 0.25) is 0 Å². The summed E-state index contributed by atoms with van der Waals surface area (Å²) in [5.74, 6) is 1.73. The highest BCUT2D eigenvalue weighted by Crippen LogP contribution is 2.65. The highest BCUT2D eigenvalue weighted by molar-refractivity contribution is 5.62. The molecule has 0 radical (unpaired) electrons. The Morgan fingerprint density at radius 1 is 1.17 bits per heavy atom. The fourth-order valence-electron chi connectivity index (χ4n) is 6.96. The number of hydrogen-bond acceptors (Lipinski definition) is 4. The van der Waals surface area contributed by atoms with E-state index in [0.717, 1.165) is 63.1 Å². The third kappa shape index (κ3) is 2.22. The minimum atomic E-state index is -0.713. The molecule has 6 rings (SSSR count). The Kier molecular flexibility index (Phi) is 3.82. The van der Waals surface area contributed by atoms with Gasteiger partial charge >= 0.3 is 0 Å². The van der Waals surface area contributed by atoms with Gasteiger partial charge in [-0.15, -0.1) is 0 Å². The second-order valence-electron chi connectivity index (χ2n) is 9.27. The van der Waals surface area contributed by atoms with Crippen molar-refractivity contribution in [1.29, 1.82) is 0 Å². The lowest BCUT2D eigenvalue weighted by molar-refractivity contribution is -0.184. The molecule has 0 unspecified atom stereocenters. The summed E-state index contributed by atoms with van der Waals surface area (Å²) in [7, 11) is 1.71. The fourth-order valence-corrected chi connectivity index (χ4v) is 6.96. The third-order valence-electron chi connectivity index (χ3n) is 8.21. The molecule has 1 saturated heterocycles. The molecule has 2 aliphatic carbocycles. The van der Waals surface area contributed by atoms with Crippen molar-refractivity contribution < 1.29 is 14.6 Å². The first-order chi connectivity index (χ1) is 14.2. The van der Waals surface area contributed by atoms with Crippen molar-refractivity contribution in [3.8, 4) is 11.5 Å². The largest absolute Gasteiger partial charge is 0.493 e. The smallest absolute Gasteiger partial charge is 0.165 e. The first-order valence-corrected chi connectivity index (χ1v) is 11.0. The normalized spacial score (nSPS) is 34.4. The Balaban J connectivity index is 1.41. The van der Waals surface area contributed by atoms with Crippen LogP contribution in [0, 0.1) is 0 Å². The number of hydrogen-bond donors (Lipinski definition) is 1. The summed E-state index contributed by atoms with van der Waals surface area (Å²) in [6.07, 6.45) is 5.89. The molecule has 2 aliphatic heterocycles. The highest BCUT2D eigenvalue weighted by Gasteiger charge is 2.70. The number of rotatable bonds is 4. The number of nitrogens with zero attached hydrogens (tertiary/aromatic N) is 1. The van der Waals surface area contributed by atoms with Gasteiger partial charge in [-0.1, -0.05) is 36.4 Å². The molecule has 0 amide bonds. The summed E-state index contributed by atoms with van der Waals surface area (Å²) in [5, 5.41) is 12.3. The topological polar surface area (TPSA) is 41.9 Å². The Morgan fingerprint density at radius 3 is 2.86 bits per heavy atom. The molecule has 0 aromatic heterocycles. The predicted octanol–water partition coefficient (Wildman–Crippen LogP) is 3.48. The zero-order valence-electron chi connectivity index (χ0n) is 17.1. The summed E-state index contributed by atoms with van der Waals surface area (Å²) in [5.41, 5.74) is 3.01. The molecule has 4 atom stereocenters. The quantitative estimate of drug-likeness (QED) is 0.867. The van der Waals surface area contributed by atoms with Gasteiger partial charge in [0.05, 0.1) is 18.1 Å². The molecular weight excluding hydrogens is 362 g/mol. The maximum atomic E-state index is 12.3. The maximum absolute atomic E-state index is 12.3. The van der Waals surface area contributed by atoms with Crippen LogP contribution in [0.3, 0.4) is 0 Å². The molecule has 29 heavy (non-hydrogen) atoms. The van der Waals surface area contributed by atoms with E-state index in [1.807, 2.05) is 0 Å². The Bertz CT molecular complexity index is 945. The molecular formula is C25H29NO3. The standard InChI is InChI=1S/C25H29NO3/c1-28-19-10-9-18-16-20-25(27)12-5-8-21-24(25,22(18)23(19)29-21)13-15-26(20)14-11-17-6-3-2-4-7-17/h2-4,6-7,9-10,20-21,27H,5,8,11-16H2,1H3/t20-,21+,24-,25-/m1/s1. The molecule has 152 valence electrons. The van der Waals surface area contributed by atoms with Crippen LogP contribution in [0.2, 0.25) is 0 Å². The number of methoxy groups -OCH3 is 1. The lowest BCUT2D eigenvalue weighted by Crippen LogP contribution is -2.75. The molecule has 4 heteroatoms. The number of benzene rings is 2. The SMILES string of the molecule is COc1ccc2c3c1O[C@H]1CCC[C@@]4(O)[C@@H](C2)N(CCc2ccccc2)CC[C@]314. The van der Waals surface area contributed by atoms with E-state index in [1.54, 1.807) is 7.11 Å². The molecule has 2 aromatic rings. The summed E-state index contributed by atoms with van der Waals surface area (Å²) >= 11 is 0. The van der Waals surface area contributed by atoms with Crippen LogP contribution >= 0.6 is 0 Å². The highest BCUT2D eigenvalue weighted by atomic mass is 16.5. The molecule has 1 N–H and O–H groups in total. The van der Waals surface area contributed by atoms with E-state index >= 15 is 0 Å². The Labute approximate surface area is 172 Å². The van der Waals surface area contributed by atoms with Crippen molar-refractivity contribution in [3.63, 3.8) is 0 Å². The minimum Gasteiger partial charge on any atom is -0.493 e. The zero-order valence-corrected chi connectivity index (χ0v) is 17.1. The van der Waals surface area contributed by atoms with Gasteiger partial charge in [-0.05, 0) is 62.3 Å². The van der Waals surface area contributed by atoms with Crippen molar-refractivity contribution in [3.05, 3.63) is 59.2 Å². The molecule has 2 heterocycles. The Morgan fingerprint density at radius 2 is 2.03 bits per heavy atom. The third-order valence-corrected chi connectivity index (χ3v) is 8.21. The van der Waals surface area contributed by atoms with Crippen LogP contribution in [-0.2, 0) is 18.3 Å². The van der Waals surface area contributed by atoms with Crippen LogP contribution in [0.25, 0.3) is 0 Å². The van der Waals surface area contributed by atoms with E-state index < -0.39 is 5.60 Å². The molecule has 2 bridgehead atoms. The molecule has 1 saturated carbocycles. The van der Waals surface area contributed by atoms with E-state index in [-0.39, 0.29) is 17.6 Å². The van der Waals surface area contributed by atoms with Crippen LogP contribution in [0.15, 0.2) is 42.5 Å². The van der Waals surface area contributed by atoms with Crippen LogP contribution in [0.4, 0.5) is 0 Å². The van der Waals surface area contributed by atoms with Crippen molar-refractivity contribution >= 4 is 0 Å². The van der Waals surface area contributed by atoms with Gasteiger partial charge < -0.3 is 14.6 Å². The Hall–Kier alpha value is -2.04. The van der Waals surface area contributed by atoms with Crippen LogP contribution in [-0.4, -0.2) is 48.0 Å². The summed E-state index contributed by atoms with van der Waals surface area (Å²) in [6.45, 7) is 2.02. The van der Waals surface area contributed by atoms with Crippen LogP contribution in [0.1, 0.15) is 42.4 Å². The summed E-state index contributed by atoms with van der Waals surface area (Å²) in [4.78, 5) is 2.56. The summed E-state index contributed by atoms with van der Waals surface area (Å²) in [6, 6.07) is 15.1. The second-order valence-corrected chi connectivity index (χ2v) is 9.27. The van der Waals surface area contributed by atoms with E-state index in [1.165, 1.54) is 16.7 Å². The van der Waals surface area contributed by atoms with Gasteiger partial charge in [-0.3, -0.25) is 4.90 Å². The van der Waals surface area contributed by atoms with Gasteiger partial charge in [0, 0.05) is 18.2 Å². The zero-order chi connectivity index (χ0) is 19.6. The number of ether oxygens (including phenoxy) is 2. The number of aliphatic hydroxyl groups is 1. The van der Waals surface area contributed by atoms with Crippen molar-refractivity contribution in [2.75, 3.05) is 20.2 Å². The molecule has 2 aromatic carbocycles. The van der Waals surface area contributed by atoms with Crippen LogP contribution in [0.5, 0.6) is 11.5 Å². The number of piperidine rings is 1. The van der Waals surface area contributed by atoms with Gasteiger partial charge in [0.25, 0.3) is 0 Å².